The predicted molar refractivity (Wildman–Crippen MR) is 147 cm³/mol. The Morgan fingerprint density at radius 1 is 0.769 bits per heavy atom. The smallest absolute Gasteiger partial charge is 0.475 e. The van der Waals surface area contributed by atoms with Crippen LogP contribution < -0.4 is 10.6 Å². The first-order chi connectivity index (χ1) is 18.8. The molecule has 5 N–H and O–H groups in total. The Morgan fingerprint density at radius 2 is 1.21 bits per heavy atom. The van der Waals surface area contributed by atoms with Gasteiger partial charge in [0.1, 0.15) is 11.7 Å². The van der Waals surface area contributed by atoms with Crippen molar-refractivity contribution < 1.29 is 23.1 Å². The van der Waals surface area contributed by atoms with E-state index in [0.717, 1.165) is 84.2 Å². The van der Waals surface area contributed by atoms with Crippen LogP contribution in [0.1, 0.15) is 35.4 Å². The van der Waals surface area contributed by atoms with Crippen LogP contribution in [0.5, 0.6) is 0 Å². The zero-order chi connectivity index (χ0) is 27.4. The van der Waals surface area contributed by atoms with E-state index in [0.29, 0.717) is 0 Å². The second-order valence-corrected chi connectivity index (χ2v) is 9.21. The predicted octanol–water partition coefficient (Wildman–Crippen LogP) is 4.93. The van der Waals surface area contributed by atoms with E-state index in [1.54, 1.807) is 0 Å². The Labute approximate surface area is 221 Å². The molecule has 0 spiro atoms. The van der Waals surface area contributed by atoms with Gasteiger partial charge in [0.2, 0.25) is 0 Å². The summed E-state index contributed by atoms with van der Waals surface area (Å²) in [6, 6.07) is 17.3. The average molecular weight is 537 g/mol. The summed E-state index contributed by atoms with van der Waals surface area (Å²) in [5, 5.41) is 16.3. The first kappa shape index (κ1) is 26.1. The lowest BCUT2D eigenvalue weighted by molar-refractivity contribution is -0.192. The van der Waals surface area contributed by atoms with Crippen molar-refractivity contribution in [1.82, 2.24) is 20.6 Å². The number of rotatable bonds is 4. The molecule has 0 saturated heterocycles. The molecule has 0 amide bonds. The second-order valence-electron chi connectivity index (χ2n) is 9.21. The van der Waals surface area contributed by atoms with Gasteiger partial charge in [-0.2, -0.15) is 13.2 Å². The fraction of sp³-hybridized carbons (Fsp3) is 0.250. The number of carboxylic acid groups (broad SMARTS) is 1. The van der Waals surface area contributed by atoms with Crippen LogP contribution in [-0.2, 0) is 4.79 Å². The molecule has 0 radical (unpaired) electrons. The number of carbonyl (C=O) groups is 1. The monoisotopic (exact) mass is 536 g/mol. The zero-order valence-electron chi connectivity index (χ0n) is 20.9. The van der Waals surface area contributed by atoms with Gasteiger partial charge in [0.25, 0.3) is 0 Å². The van der Waals surface area contributed by atoms with Gasteiger partial charge in [-0.3, -0.25) is 9.98 Å². The summed E-state index contributed by atoms with van der Waals surface area (Å²) >= 11 is 0. The van der Waals surface area contributed by atoms with Crippen molar-refractivity contribution >= 4 is 51.6 Å². The summed E-state index contributed by atoms with van der Waals surface area (Å²) in [6.45, 7) is 3.78. The molecule has 39 heavy (non-hydrogen) atoms. The number of aromatic amines is 2. The van der Waals surface area contributed by atoms with E-state index in [1.165, 1.54) is 10.8 Å². The van der Waals surface area contributed by atoms with Gasteiger partial charge in [-0.05, 0) is 49.3 Å². The molecule has 0 fully saturated rings. The number of fused-ring (bicyclic) bond motifs is 2. The number of hydrogen-bond donors (Lipinski definition) is 5. The van der Waals surface area contributed by atoms with Gasteiger partial charge in [-0.25, -0.2) is 4.79 Å². The average Bonchev–Trinajstić information content (AvgIpc) is 3.55. The molecule has 2 aliphatic heterocycles. The molecule has 0 unspecified atom stereocenters. The highest BCUT2D eigenvalue weighted by atomic mass is 19.4. The van der Waals surface area contributed by atoms with E-state index >= 15 is 0 Å². The summed E-state index contributed by atoms with van der Waals surface area (Å²) in [6.07, 6.45) is 1.36. The molecule has 6 rings (SSSR count). The molecule has 4 aromatic rings. The van der Waals surface area contributed by atoms with E-state index in [-0.39, 0.29) is 0 Å². The van der Waals surface area contributed by atoms with E-state index in [9.17, 15) is 13.2 Å². The molecule has 0 saturated carbocycles. The molecule has 0 bridgehead atoms. The van der Waals surface area contributed by atoms with Crippen LogP contribution in [0.15, 0.2) is 58.5 Å². The van der Waals surface area contributed by atoms with Crippen molar-refractivity contribution in [2.45, 2.75) is 19.0 Å². The minimum Gasteiger partial charge on any atom is -0.475 e. The van der Waals surface area contributed by atoms with Crippen molar-refractivity contribution in [3.05, 3.63) is 71.0 Å². The van der Waals surface area contributed by atoms with Gasteiger partial charge in [0.05, 0.1) is 0 Å². The van der Waals surface area contributed by atoms with Crippen LogP contribution in [0.4, 0.5) is 13.2 Å². The van der Waals surface area contributed by atoms with E-state index in [4.69, 9.17) is 9.90 Å². The van der Waals surface area contributed by atoms with Gasteiger partial charge >= 0.3 is 12.1 Å². The van der Waals surface area contributed by atoms with Gasteiger partial charge in [-0.1, -0.05) is 24.3 Å². The number of amidine groups is 2. The SMILES string of the molecule is C(=C\c1cc2ccc(C3=NCCCN3)cc2[nH]1)/c1cc2ccc(C3=NCCCN3)cc2[nH]1.O=C(O)C(F)(F)F. The maximum atomic E-state index is 10.6. The molecule has 11 heteroatoms. The highest BCUT2D eigenvalue weighted by molar-refractivity contribution is 6.03. The minimum atomic E-state index is -5.08. The fourth-order valence-electron chi connectivity index (χ4n) is 4.40. The number of hydrogen-bond acceptors (Lipinski definition) is 5. The number of nitrogens with zero attached hydrogens (tertiary/aromatic N) is 2. The van der Waals surface area contributed by atoms with Crippen LogP contribution in [0.3, 0.4) is 0 Å². The summed E-state index contributed by atoms with van der Waals surface area (Å²) in [4.78, 5) is 25.2. The fourth-order valence-corrected chi connectivity index (χ4v) is 4.40. The quantitative estimate of drug-likeness (QED) is 0.254. The van der Waals surface area contributed by atoms with Gasteiger partial charge in [-0.15, -0.1) is 0 Å². The third-order valence-electron chi connectivity index (χ3n) is 6.31. The minimum absolute atomic E-state index is 0.899. The maximum Gasteiger partial charge on any atom is 0.490 e. The molecule has 0 aliphatic carbocycles. The topological polar surface area (TPSA) is 118 Å². The Hall–Kier alpha value is -4.54. The molecule has 0 atom stereocenters. The van der Waals surface area contributed by atoms with Crippen LogP contribution in [-0.4, -0.2) is 65.1 Å². The summed E-state index contributed by atoms with van der Waals surface area (Å²) < 4.78 is 31.7. The third-order valence-corrected chi connectivity index (χ3v) is 6.31. The van der Waals surface area contributed by atoms with Crippen LogP contribution >= 0.6 is 0 Å². The van der Waals surface area contributed by atoms with E-state index in [1.807, 2.05) is 0 Å². The number of carboxylic acids is 1. The zero-order valence-corrected chi connectivity index (χ0v) is 20.9. The summed E-state index contributed by atoms with van der Waals surface area (Å²) in [7, 11) is 0. The van der Waals surface area contributed by atoms with Gasteiger partial charge in [0.15, 0.2) is 0 Å². The lowest BCUT2D eigenvalue weighted by Gasteiger charge is -2.14. The molecule has 2 aromatic carbocycles. The van der Waals surface area contributed by atoms with Gasteiger partial charge < -0.3 is 25.7 Å². The summed E-state index contributed by atoms with van der Waals surface area (Å²) in [5.74, 6) is -0.763. The first-order valence-electron chi connectivity index (χ1n) is 12.6. The summed E-state index contributed by atoms with van der Waals surface area (Å²) in [5.41, 5.74) is 6.68. The maximum absolute atomic E-state index is 10.6. The van der Waals surface area contributed by atoms with Crippen molar-refractivity contribution in [3.63, 3.8) is 0 Å². The van der Waals surface area contributed by atoms with Crippen molar-refractivity contribution in [3.8, 4) is 0 Å². The highest BCUT2D eigenvalue weighted by Crippen LogP contribution is 2.22. The Kier molecular flexibility index (Phi) is 7.40. The van der Waals surface area contributed by atoms with E-state index < -0.39 is 12.1 Å². The first-order valence-corrected chi connectivity index (χ1v) is 12.6. The Balaban J connectivity index is 0.000000392. The number of aromatic nitrogens is 2. The van der Waals surface area contributed by atoms with Crippen molar-refractivity contribution in [2.24, 2.45) is 9.98 Å². The number of halogens is 3. The van der Waals surface area contributed by atoms with E-state index in [2.05, 4.69) is 91.3 Å². The molecule has 2 aliphatic rings. The van der Waals surface area contributed by atoms with Crippen LogP contribution in [0.2, 0.25) is 0 Å². The number of benzene rings is 2. The number of nitrogens with one attached hydrogen (secondary N) is 4. The van der Waals surface area contributed by atoms with Crippen LogP contribution in [0, 0.1) is 0 Å². The number of H-pyrrole nitrogens is 2. The molecule has 8 nitrogen and oxygen atoms in total. The largest absolute Gasteiger partial charge is 0.490 e. The van der Waals surface area contributed by atoms with Crippen molar-refractivity contribution in [2.75, 3.05) is 26.2 Å². The van der Waals surface area contributed by atoms with Gasteiger partial charge in [0, 0.05) is 70.5 Å². The normalized spacial score (nSPS) is 15.8. The highest BCUT2D eigenvalue weighted by Gasteiger charge is 2.38. The molecular weight excluding hydrogens is 509 g/mol. The Morgan fingerprint density at radius 3 is 1.56 bits per heavy atom. The molecule has 4 heterocycles. The number of aliphatic carboxylic acids is 1. The Bertz CT molecular complexity index is 1490. The molecule has 202 valence electrons. The van der Waals surface area contributed by atoms with Crippen LogP contribution in [0.25, 0.3) is 34.0 Å². The number of alkyl halides is 3. The molecule has 2 aromatic heterocycles. The molecular formula is C28H27F3N6O2. The third kappa shape index (κ3) is 6.31. The standard InChI is InChI=1S/C26H26N6.C2HF3O2/c1-9-27-25(28-10-1)19-5-3-17-13-21(31-23(17)15-19)7-8-22-14-18-4-6-20(16-24(18)32-22)26-29-11-2-12-30-26;3-2(4,5)1(6)7/h3-8,13-16,31-32H,1-2,9-12H2,(H,27,28)(H,29,30);(H,6,7)/b8-7+;. The lowest BCUT2D eigenvalue weighted by atomic mass is 10.1. The lowest BCUT2D eigenvalue weighted by Crippen LogP contribution is -2.30. The second kappa shape index (κ2) is 11.1. The van der Waals surface area contributed by atoms with Crippen molar-refractivity contribution in [1.29, 1.82) is 0 Å². The number of aliphatic imine (C=N–C) groups is 2.